The van der Waals surface area contributed by atoms with Gasteiger partial charge in [0.25, 0.3) is 5.91 Å². The van der Waals surface area contributed by atoms with E-state index in [1.807, 2.05) is 0 Å². The van der Waals surface area contributed by atoms with Gasteiger partial charge in [-0.3, -0.25) is 4.79 Å². The van der Waals surface area contributed by atoms with Gasteiger partial charge in [-0.15, -0.1) is 0 Å². The van der Waals surface area contributed by atoms with Crippen LogP contribution in [0, 0.1) is 0 Å². The molecule has 0 saturated heterocycles. The average molecular weight is 421 g/mol. The van der Waals surface area contributed by atoms with Gasteiger partial charge in [-0.25, -0.2) is 4.98 Å². The first kappa shape index (κ1) is 18.6. The molecule has 1 aromatic carbocycles. The van der Waals surface area contributed by atoms with Crippen molar-refractivity contribution in [3.8, 4) is 5.75 Å². The van der Waals surface area contributed by atoms with Crippen LogP contribution in [0.5, 0.6) is 5.75 Å². The molecule has 0 aliphatic carbocycles. The highest BCUT2D eigenvalue weighted by atomic mass is 79.9. The van der Waals surface area contributed by atoms with Gasteiger partial charge in [0.05, 0.1) is 17.1 Å². The number of carbonyl (C=O) groups excluding carboxylic acids is 1. The van der Waals surface area contributed by atoms with E-state index in [2.05, 4.69) is 26.2 Å². The number of nitrogens with zero attached hydrogens (tertiary/aromatic N) is 1. The number of alkyl halides is 3. The van der Waals surface area contributed by atoms with E-state index in [0.717, 1.165) is 5.56 Å². The lowest BCUT2D eigenvalue weighted by Crippen LogP contribution is -2.24. The topological polar surface area (TPSA) is 51.2 Å². The number of thioether (sulfide) groups is 1. The number of ether oxygens (including phenoxy) is 1. The van der Waals surface area contributed by atoms with Crippen molar-refractivity contribution in [3.05, 3.63) is 52.1 Å². The largest absolute Gasteiger partial charge is 0.496 e. The summed E-state index contributed by atoms with van der Waals surface area (Å²) in [5.41, 5.74) is -3.86. The van der Waals surface area contributed by atoms with E-state index >= 15 is 0 Å². The van der Waals surface area contributed by atoms with Crippen molar-refractivity contribution >= 4 is 33.6 Å². The molecular weight excluding hydrogens is 409 g/mol. The molecule has 0 saturated carbocycles. The van der Waals surface area contributed by atoms with Gasteiger partial charge in [0.15, 0.2) is 0 Å². The summed E-state index contributed by atoms with van der Waals surface area (Å²) in [6.07, 6.45) is 1.21. The summed E-state index contributed by atoms with van der Waals surface area (Å²) in [6, 6.07) is 7.95. The molecule has 0 bridgehead atoms. The number of hydrogen-bond donors (Lipinski definition) is 1. The molecule has 4 nitrogen and oxygen atoms in total. The first-order valence-corrected chi connectivity index (χ1v) is 8.22. The first-order valence-electron chi connectivity index (χ1n) is 6.61. The monoisotopic (exact) mass is 420 g/mol. The predicted molar refractivity (Wildman–Crippen MR) is 88.0 cm³/mol. The van der Waals surface area contributed by atoms with Gasteiger partial charge in [-0.05, 0) is 45.8 Å². The molecule has 2 rings (SSSR count). The SMILES string of the molecule is COc1ccc(CNC(=O)c2cccnc2SC(F)(F)F)cc1Br. The van der Waals surface area contributed by atoms with E-state index in [-0.39, 0.29) is 17.1 Å². The summed E-state index contributed by atoms with van der Waals surface area (Å²) in [6.45, 7) is 0.159. The molecule has 24 heavy (non-hydrogen) atoms. The van der Waals surface area contributed by atoms with Crippen molar-refractivity contribution in [2.75, 3.05) is 7.11 Å². The highest BCUT2D eigenvalue weighted by molar-refractivity contribution is 9.10. The Morgan fingerprint density at radius 2 is 2.12 bits per heavy atom. The van der Waals surface area contributed by atoms with Crippen molar-refractivity contribution in [3.63, 3.8) is 0 Å². The smallest absolute Gasteiger partial charge is 0.447 e. The maximum Gasteiger partial charge on any atom is 0.447 e. The van der Waals surface area contributed by atoms with Gasteiger partial charge in [-0.1, -0.05) is 6.07 Å². The normalized spacial score (nSPS) is 11.2. The van der Waals surface area contributed by atoms with Gasteiger partial charge < -0.3 is 10.1 Å². The van der Waals surface area contributed by atoms with Crippen LogP contribution in [0.3, 0.4) is 0 Å². The number of pyridine rings is 1. The Labute approximate surface area is 148 Å². The number of hydrogen-bond acceptors (Lipinski definition) is 4. The second kappa shape index (κ2) is 7.89. The van der Waals surface area contributed by atoms with Crippen molar-refractivity contribution in [1.82, 2.24) is 10.3 Å². The highest BCUT2D eigenvalue weighted by Crippen LogP contribution is 2.37. The molecule has 2 aromatic rings. The predicted octanol–water partition coefficient (Wildman–Crippen LogP) is 4.39. The minimum atomic E-state index is -4.51. The van der Waals surface area contributed by atoms with Crippen molar-refractivity contribution < 1.29 is 22.7 Å². The van der Waals surface area contributed by atoms with Crippen LogP contribution in [0.15, 0.2) is 46.0 Å². The molecule has 0 atom stereocenters. The zero-order valence-corrected chi connectivity index (χ0v) is 14.8. The summed E-state index contributed by atoms with van der Waals surface area (Å²) in [7, 11) is 1.53. The van der Waals surface area contributed by atoms with Crippen LogP contribution in [0.4, 0.5) is 13.2 Å². The second-order valence-electron chi connectivity index (χ2n) is 4.56. The Bertz CT molecular complexity index is 741. The molecule has 0 aliphatic heterocycles. The summed E-state index contributed by atoms with van der Waals surface area (Å²) >= 11 is 2.92. The number of amides is 1. The second-order valence-corrected chi connectivity index (χ2v) is 6.46. The lowest BCUT2D eigenvalue weighted by atomic mass is 10.2. The Morgan fingerprint density at radius 1 is 1.38 bits per heavy atom. The number of benzene rings is 1. The third kappa shape index (κ3) is 5.13. The number of aromatic nitrogens is 1. The molecule has 0 aliphatic rings. The third-order valence-corrected chi connectivity index (χ3v) is 4.27. The summed E-state index contributed by atoms with van der Waals surface area (Å²) < 4.78 is 43.4. The lowest BCUT2D eigenvalue weighted by Gasteiger charge is -2.11. The molecule has 0 spiro atoms. The first-order chi connectivity index (χ1) is 11.3. The average Bonchev–Trinajstić information content (AvgIpc) is 2.51. The molecule has 1 aromatic heterocycles. The van der Waals surface area contributed by atoms with E-state index in [1.54, 1.807) is 18.2 Å². The van der Waals surface area contributed by atoms with E-state index in [4.69, 9.17) is 4.74 Å². The summed E-state index contributed by atoms with van der Waals surface area (Å²) in [5.74, 6) is 0.0167. The maximum atomic E-state index is 12.5. The van der Waals surface area contributed by atoms with E-state index in [1.165, 1.54) is 25.4 Å². The van der Waals surface area contributed by atoms with Crippen molar-refractivity contribution in [1.29, 1.82) is 0 Å². The minimum absolute atomic E-state index is 0.118. The van der Waals surface area contributed by atoms with Crippen molar-refractivity contribution in [2.45, 2.75) is 17.1 Å². The molecule has 128 valence electrons. The standard InChI is InChI=1S/C15H12BrF3N2O2S/c1-23-12-5-4-9(7-11(12)16)8-21-13(22)10-3-2-6-20-14(10)24-15(17,18)19/h2-7H,8H2,1H3,(H,21,22). The Morgan fingerprint density at radius 3 is 2.75 bits per heavy atom. The molecule has 9 heteroatoms. The third-order valence-electron chi connectivity index (χ3n) is 2.90. The fourth-order valence-corrected chi connectivity index (χ4v) is 3.04. The van der Waals surface area contributed by atoms with Crippen LogP contribution in [-0.4, -0.2) is 23.5 Å². The zero-order valence-electron chi connectivity index (χ0n) is 12.4. The quantitative estimate of drug-likeness (QED) is 0.728. The number of carbonyl (C=O) groups is 1. The van der Waals surface area contributed by atoms with E-state index < -0.39 is 23.2 Å². The number of methoxy groups -OCH3 is 1. The number of halogens is 4. The Hall–Kier alpha value is -1.74. The van der Waals surface area contributed by atoms with Crippen LogP contribution in [-0.2, 0) is 6.54 Å². The van der Waals surface area contributed by atoms with Gasteiger partial charge in [0, 0.05) is 24.5 Å². The lowest BCUT2D eigenvalue weighted by molar-refractivity contribution is -0.0329. The van der Waals surface area contributed by atoms with Gasteiger partial charge >= 0.3 is 5.51 Å². The summed E-state index contributed by atoms with van der Waals surface area (Å²) in [4.78, 5) is 15.8. The van der Waals surface area contributed by atoms with Crippen LogP contribution in [0.1, 0.15) is 15.9 Å². The fraction of sp³-hybridized carbons (Fsp3) is 0.200. The highest BCUT2D eigenvalue weighted by Gasteiger charge is 2.32. The Kier molecular flexibility index (Phi) is 6.11. The number of rotatable bonds is 5. The summed E-state index contributed by atoms with van der Waals surface area (Å²) in [5, 5.41) is 2.21. The van der Waals surface area contributed by atoms with Crippen molar-refractivity contribution in [2.24, 2.45) is 0 Å². The maximum absolute atomic E-state index is 12.5. The zero-order chi connectivity index (χ0) is 17.7. The molecule has 0 fully saturated rings. The molecule has 0 unspecified atom stereocenters. The van der Waals surface area contributed by atoms with Crippen LogP contribution in [0.2, 0.25) is 0 Å². The molecule has 1 amide bonds. The Balaban J connectivity index is 2.09. The molecule has 1 N–H and O–H groups in total. The minimum Gasteiger partial charge on any atom is -0.496 e. The number of nitrogens with one attached hydrogen (secondary N) is 1. The molecule has 1 heterocycles. The van der Waals surface area contributed by atoms with Crippen LogP contribution < -0.4 is 10.1 Å². The fourth-order valence-electron chi connectivity index (χ4n) is 1.85. The van der Waals surface area contributed by atoms with E-state index in [0.29, 0.717) is 10.2 Å². The van der Waals surface area contributed by atoms with Gasteiger partial charge in [0.1, 0.15) is 10.8 Å². The molecule has 0 radical (unpaired) electrons. The van der Waals surface area contributed by atoms with Crippen LogP contribution >= 0.6 is 27.7 Å². The molecular formula is C15H12BrF3N2O2S. The van der Waals surface area contributed by atoms with Gasteiger partial charge in [-0.2, -0.15) is 13.2 Å². The van der Waals surface area contributed by atoms with Gasteiger partial charge in [0.2, 0.25) is 0 Å². The van der Waals surface area contributed by atoms with Crippen LogP contribution in [0.25, 0.3) is 0 Å². The van der Waals surface area contributed by atoms with E-state index in [9.17, 15) is 18.0 Å².